The number of aromatic nitrogens is 2. The van der Waals surface area contributed by atoms with Gasteiger partial charge in [0.25, 0.3) is 5.56 Å². The lowest BCUT2D eigenvalue weighted by Gasteiger charge is -2.27. The van der Waals surface area contributed by atoms with Gasteiger partial charge in [-0.25, -0.2) is 4.79 Å². The van der Waals surface area contributed by atoms with Gasteiger partial charge in [-0.15, -0.1) is 0 Å². The maximum absolute atomic E-state index is 12.4. The van der Waals surface area contributed by atoms with E-state index in [1.54, 1.807) is 0 Å². The van der Waals surface area contributed by atoms with E-state index in [1.165, 1.54) is 0 Å². The summed E-state index contributed by atoms with van der Waals surface area (Å²) in [5, 5.41) is 9.55. The molecule has 0 unspecified atom stereocenters. The molecule has 1 aromatic carbocycles. The molecule has 3 rings (SSSR count). The maximum atomic E-state index is 12.4. The van der Waals surface area contributed by atoms with Crippen LogP contribution in [0, 0.1) is 32.1 Å². The molecule has 0 bridgehead atoms. The number of H-pyrrole nitrogens is 2. The van der Waals surface area contributed by atoms with E-state index in [0.29, 0.717) is 0 Å². The Morgan fingerprint density at radius 1 is 1.12 bits per heavy atom. The lowest BCUT2D eigenvalue weighted by molar-refractivity contribution is 0.373. The van der Waals surface area contributed by atoms with E-state index in [1.807, 2.05) is 39.0 Å². The van der Waals surface area contributed by atoms with Crippen molar-refractivity contribution in [2.75, 3.05) is 0 Å². The van der Waals surface area contributed by atoms with E-state index >= 15 is 0 Å². The van der Waals surface area contributed by atoms with Crippen molar-refractivity contribution in [3.05, 3.63) is 72.2 Å². The highest BCUT2D eigenvalue weighted by atomic mass is 16.5. The summed E-state index contributed by atoms with van der Waals surface area (Å²) >= 11 is 0. The van der Waals surface area contributed by atoms with Crippen molar-refractivity contribution < 1.29 is 4.74 Å². The van der Waals surface area contributed by atoms with Crippen molar-refractivity contribution in [1.29, 1.82) is 5.26 Å². The molecule has 0 radical (unpaired) electrons. The Kier molecular flexibility index (Phi) is 3.53. The van der Waals surface area contributed by atoms with Gasteiger partial charge in [0.15, 0.2) is 0 Å². The number of benzene rings is 1. The average molecular weight is 324 g/mol. The second kappa shape index (κ2) is 5.42. The van der Waals surface area contributed by atoms with E-state index < -0.39 is 17.2 Å². The molecule has 122 valence electrons. The number of nitriles is 1. The number of ether oxygens (including phenoxy) is 1. The van der Waals surface area contributed by atoms with E-state index in [2.05, 4.69) is 9.97 Å². The van der Waals surface area contributed by atoms with Crippen molar-refractivity contribution in [2.24, 2.45) is 5.73 Å². The molecule has 1 aliphatic heterocycles. The topological polar surface area (TPSA) is 125 Å². The SMILES string of the molecule is Cc1cc(C)c([C@@H]2C(C#N)=C(N)Oc3[nH]c(=O)[nH]c(=O)c32)c(C)c1. The average Bonchev–Trinajstić information content (AvgIpc) is 2.45. The van der Waals surface area contributed by atoms with Gasteiger partial charge in [0.05, 0.1) is 11.5 Å². The molecular formula is C17H16N4O3. The van der Waals surface area contributed by atoms with E-state index in [-0.39, 0.29) is 22.9 Å². The number of nitrogens with zero attached hydrogens (tertiary/aromatic N) is 1. The number of fused-ring (bicyclic) bond motifs is 1. The number of nitrogens with two attached hydrogens (primary N) is 1. The Morgan fingerprint density at radius 3 is 2.33 bits per heavy atom. The zero-order valence-corrected chi connectivity index (χ0v) is 13.5. The number of nitrogens with one attached hydrogen (secondary N) is 2. The summed E-state index contributed by atoms with van der Waals surface area (Å²) in [6, 6.07) is 5.99. The fourth-order valence-corrected chi connectivity index (χ4v) is 3.32. The van der Waals surface area contributed by atoms with Gasteiger partial charge in [0, 0.05) is 0 Å². The van der Waals surface area contributed by atoms with Gasteiger partial charge < -0.3 is 10.5 Å². The molecule has 4 N–H and O–H groups in total. The molecule has 1 aromatic heterocycles. The molecule has 1 aliphatic rings. The van der Waals surface area contributed by atoms with Crippen LogP contribution in [0.1, 0.15) is 33.7 Å². The lowest BCUT2D eigenvalue weighted by Crippen LogP contribution is -2.33. The Hall–Kier alpha value is -3.27. The largest absolute Gasteiger partial charge is 0.424 e. The van der Waals surface area contributed by atoms with Crippen LogP contribution in [0.3, 0.4) is 0 Å². The molecule has 2 aromatic rings. The summed E-state index contributed by atoms with van der Waals surface area (Å²) in [6.45, 7) is 5.80. The van der Waals surface area contributed by atoms with Crippen molar-refractivity contribution in [3.63, 3.8) is 0 Å². The van der Waals surface area contributed by atoms with Crippen molar-refractivity contribution >= 4 is 0 Å². The minimum atomic E-state index is -0.694. The molecule has 0 saturated carbocycles. The number of aromatic amines is 2. The molecule has 2 heterocycles. The number of rotatable bonds is 1. The minimum absolute atomic E-state index is 0.0235. The first-order chi connectivity index (χ1) is 11.3. The highest BCUT2D eigenvalue weighted by Crippen LogP contribution is 2.41. The van der Waals surface area contributed by atoms with E-state index in [9.17, 15) is 14.9 Å². The van der Waals surface area contributed by atoms with E-state index in [0.717, 1.165) is 22.3 Å². The van der Waals surface area contributed by atoms with Crippen LogP contribution in [-0.2, 0) is 0 Å². The van der Waals surface area contributed by atoms with E-state index in [4.69, 9.17) is 10.5 Å². The predicted molar refractivity (Wildman–Crippen MR) is 87.6 cm³/mol. The Balaban J connectivity index is 2.41. The standard InChI is InChI=1S/C17H16N4O3/c1-7-4-8(2)11(9(3)5-7)12-10(6-18)14(19)24-16-13(12)15(22)20-17(23)21-16/h4-5,12H,19H2,1-3H3,(H2,20,21,22,23)/t12-/m0/s1. The molecule has 7 nitrogen and oxygen atoms in total. The summed E-state index contributed by atoms with van der Waals surface area (Å²) in [6.07, 6.45) is 0. The molecule has 0 fully saturated rings. The fourth-order valence-electron chi connectivity index (χ4n) is 3.32. The Labute approximate surface area is 137 Å². The fraction of sp³-hybridized carbons (Fsp3) is 0.235. The maximum Gasteiger partial charge on any atom is 0.328 e. The molecule has 0 saturated heterocycles. The molecule has 24 heavy (non-hydrogen) atoms. The summed E-state index contributed by atoms with van der Waals surface area (Å²) in [4.78, 5) is 28.6. The van der Waals surface area contributed by atoms with Gasteiger partial charge in [-0.2, -0.15) is 5.26 Å². The van der Waals surface area contributed by atoms with Gasteiger partial charge in [-0.05, 0) is 37.5 Å². The third-order valence-corrected chi connectivity index (χ3v) is 4.15. The Morgan fingerprint density at radius 2 is 1.75 bits per heavy atom. The molecular weight excluding hydrogens is 308 g/mol. The summed E-state index contributed by atoms with van der Waals surface area (Å²) in [7, 11) is 0. The summed E-state index contributed by atoms with van der Waals surface area (Å²) in [5.74, 6) is -0.833. The molecule has 1 atom stereocenters. The van der Waals surface area contributed by atoms with Gasteiger partial charge >= 0.3 is 5.69 Å². The highest BCUT2D eigenvalue weighted by molar-refractivity contribution is 5.56. The second-order valence-electron chi connectivity index (χ2n) is 5.89. The van der Waals surface area contributed by atoms with Gasteiger partial charge in [0.2, 0.25) is 11.8 Å². The number of allylic oxidation sites excluding steroid dienone is 1. The second-order valence-corrected chi connectivity index (χ2v) is 5.89. The lowest BCUT2D eigenvalue weighted by atomic mass is 9.80. The summed E-state index contributed by atoms with van der Waals surface area (Å²) in [5.41, 5.74) is 8.64. The number of hydrogen-bond acceptors (Lipinski definition) is 5. The third-order valence-electron chi connectivity index (χ3n) is 4.15. The molecule has 0 amide bonds. The normalized spacial score (nSPS) is 16.3. The van der Waals surface area contributed by atoms with Crippen LogP contribution in [0.15, 0.2) is 33.2 Å². The first kappa shape index (κ1) is 15.6. The zero-order chi connectivity index (χ0) is 17.6. The van der Waals surface area contributed by atoms with Crippen molar-refractivity contribution in [3.8, 4) is 11.9 Å². The number of hydrogen-bond donors (Lipinski definition) is 3. The molecule has 0 spiro atoms. The first-order valence-corrected chi connectivity index (χ1v) is 7.35. The Bertz CT molecular complexity index is 1010. The third kappa shape index (κ3) is 2.29. The van der Waals surface area contributed by atoms with Crippen LogP contribution in [0.5, 0.6) is 5.88 Å². The van der Waals surface area contributed by atoms with Crippen LogP contribution < -0.4 is 21.7 Å². The van der Waals surface area contributed by atoms with Crippen LogP contribution in [0.4, 0.5) is 0 Å². The highest BCUT2D eigenvalue weighted by Gasteiger charge is 2.35. The van der Waals surface area contributed by atoms with Crippen LogP contribution in [-0.4, -0.2) is 9.97 Å². The zero-order valence-electron chi connectivity index (χ0n) is 13.5. The van der Waals surface area contributed by atoms with Gasteiger partial charge in [-0.3, -0.25) is 14.8 Å². The number of aryl methyl sites for hydroxylation is 3. The quantitative estimate of drug-likeness (QED) is 0.727. The van der Waals surface area contributed by atoms with Crippen LogP contribution in [0.25, 0.3) is 0 Å². The van der Waals surface area contributed by atoms with Crippen molar-refractivity contribution in [1.82, 2.24) is 9.97 Å². The molecule has 7 heteroatoms. The molecule has 0 aliphatic carbocycles. The van der Waals surface area contributed by atoms with Gasteiger partial charge in [-0.1, -0.05) is 17.7 Å². The van der Waals surface area contributed by atoms with Crippen LogP contribution in [0.2, 0.25) is 0 Å². The van der Waals surface area contributed by atoms with Gasteiger partial charge in [0.1, 0.15) is 11.6 Å². The predicted octanol–water partition coefficient (Wildman–Crippen LogP) is 1.21. The first-order valence-electron chi connectivity index (χ1n) is 7.35. The minimum Gasteiger partial charge on any atom is -0.424 e. The smallest absolute Gasteiger partial charge is 0.328 e. The summed E-state index contributed by atoms with van der Waals surface area (Å²) < 4.78 is 5.31. The van der Waals surface area contributed by atoms with Crippen LogP contribution >= 0.6 is 0 Å². The van der Waals surface area contributed by atoms with Crippen molar-refractivity contribution in [2.45, 2.75) is 26.7 Å². The monoisotopic (exact) mass is 324 g/mol.